The molecule has 1 heteroatoms. The van der Waals surface area contributed by atoms with Crippen molar-refractivity contribution in [2.75, 3.05) is 0 Å². The Morgan fingerprint density at radius 3 is 2.47 bits per heavy atom. The Hall–Kier alpha value is -1.50. The lowest BCUT2D eigenvalue weighted by atomic mass is 9.88. The van der Waals surface area contributed by atoms with Crippen LogP contribution in [-0.2, 0) is 0 Å². The standard InChI is InChI=1S/C18H27N/c1-6-7-8-9-15(4)18(14(2)3)13-10-16(5)19-17-11-12-17/h6-9,17-19H,1-2,5,10-13H2,3-4H3/b8-7-,15-9+. The van der Waals surface area contributed by atoms with E-state index in [1.54, 1.807) is 6.08 Å². The molecule has 0 aromatic carbocycles. The summed E-state index contributed by atoms with van der Waals surface area (Å²) in [4.78, 5) is 0. The number of allylic oxidation sites excluding steroid dienone is 7. The van der Waals surface area contributed by atoms with Crippen LogP contribution >= 0.6 is 0 Å². The molecule has 0 bridgehead atoms. The quantitative estimate of drug-likeness (QED) is 0.457. The van der Waals surface area contributed by atoms with Gasteiger partial charge in [-0.2, -0.15) is 0 Å². The van der Waals surface area contributed by atoms with E-state index < -0.39 is 0 Å². The Morgan fingerprint density at radius 2 is 1.95 bits per heavy atom. The van der Waals surface area contributed by atoms with Gasteiger partial charge in [-0.1, -0.05) is 55.2 Å². The minimum Gasteiger partial charge on any atom is -0.386 e. The Kier molecular flexibility index (Phi) is 6.41. The second-order valence-corrected chi connectivity index (χ2v) is 5.49. The molecule has 1 nitrogen and oxygen atoms in total. The van der Waals surface area contributed by atoms with Crippen molar-refractivity contribution in [2.45, 2.75) is 45.6 Å². The predicted octanol–water partition coefficient (Wildman–Crippen LogP) is 4.91. The van der Waals surface area contributed by atoms with E-state index in [1.165, 1.54) is 29.7 Å². The molecule has 1 rings (SSSR count). The van der Waals surface area contributed by atoms with E-state index in [4.69, 9.17) is 0 Å². The van der Waals surface area contributed by atoms with Gasteiger partial charge in [-0.15, -0.1) is 0 Å². The van der Waals surface area contributed by atoms with Crippen LogP contribution in [0.25, 0.3) is 0 Å². The molecular weight excluding hydrogens is 230 g/mol. The van der Waals surface area contributed by atoms with E-state index in [1.807, 2.05) is 12.2 Å². The summed E-state index contributed by atoms with van der Waals surface area (Å²) in [7, 11) is 0. The van der Waals surface area contributed by atoms with Crippen LogP contribution < -0.4 is 5.32 Å². The molecule has 104 valence electrons. The molecule has 0 aromatic heterocycles. The molecule has 1 atom stereocenters. The van der Waals surface area contributed by atoms with Crippen LogP contribution in [0.1, 0.15) is 39.5 Å². The SMILES string of the molecule is C=C/C=C\C=C(/C)C(CCC(=C)NC1CC1)C(=C)C. The van der Waals surface area contributed by atoms with E-state index >= 15 is 0 Å². The molecule has 0 saturated heterocycles. The van der Waals surface area contributed by atoms with Gasteiger partial charge < -0.3 is 5.32 Å². The zero-order valence-electron chi connectivity index (χ0n) is 12.4. The van der Waals surface area contributed by atoms with Crippen LogP contribution in [0.15, 0.2) is 60.9 Å². The minimum atomic E-state index is 0.437. The molecule has 0 heterocycles. The van der Waals surface area contributed by atoms with Crippen molar-refractivity contribution < 1.29 is 0 Å². The highest BCUT2D eigenvalue weighted by atomic mass is 15.0. The molecule has 19 heavy (non-hydrogen) atoms. The van der Waals surface area contributed by atoms with Gasteiger partial charge in [0, 0.05) is 17.7 Å². The molecule has 1 unspecified atom stereocenters. The molecule has 0 amide bonds. The highest BCUT2D eigenvalue weighted by Crippen LogP contribution is 2.26. The van der Waals surface area contributed by atoms with Gasteiger partial charge in [0.25, 0.3) is 0 Å². The third-order valence-electron chi connectivity index (χ3n) is 3.47. The highest BCUT2D eigenvalue weighted by molar-refractivity contribution is 5.22. The summed E-state index contributed by atoms with van der Waals surface area (Å²) < 4.78 is 0. The van der Waals surface area contributed by atoms with Crippen LogP contribution in [0, 0.1) is 5.92 Å². The fourth-order valence-electron chi connectivity index (χ4n) is 2.17. The van der Waals surface area contributed by atoms with Crippen LogP contribution in [0.4, 0.5) is 0 Å². The average Bonchev–Trinajstić information content (AvgIpc) is 3.13. The van der Waals surface area contributed by atoms with Crippen LogP contribution in [0.5, 0.6) is 0 Å². The second kappa shape index (κ2) is 7.83. The largest absolute Gasteiger partial charge is 0.386 e. The smallest absolute Gasteiger partial charge is 0.0259 e. The van der Waals surface area contributed by atoms with E-state index in [0.29, 0.717) is 12.0 Å². The summed E-state index contributed by atoms with van der Waals surface area (Å²) in [6.45, 7) is 16.2. The number of hydrogen-bond donors (Lipinski definition) is 1. The topological polar surface area (TPSA) is 12.0 Å². The van der Waals surface area contributed by atoms with Gasteiger partial charge in [0.1, 0.15) is 0 Å². The van der Waals surface area contributed by atoms with E-state index in [-0.39, 0.29) is 0 Å². The summed E-state index contributed by atoms with van der Waals surface area (Å²) in [5.74, 6) is 0.437. The molecular formula is C18H27N. The van der Waals surface area contributed by atoms with Gasteiger partial charge in [-0.3, -0.25) is 0 Å². The Bertz CT molecular complexity index is 394. The minimum absolute atomic E-state index is 0.437. The van der Waals surface area contributed by atoms with E-state index in [2.05, 4.69) is 45.0 Å². The fourth-order valence-corrected chi connectivity index (χ4v) is 2.17. The molecule has 0 spiro atoms. The van der Waals surface area contributed by atoms with Crippen molar-refractivity contribution in [3.8, 4) is 0 Å². The van der Waals surface area contributed by atoms with Crippen LogP contribution in [0.2, 0.25) is 0 Å². The van der Waals surface area contributed by atoms with Gasteiger partial charge >= 0.3 is 0 Å². The third-order valence-corrected chi connectivity index (χ3v) is 3.47. The average molecular weight is 257 g/mol. The Morgan fingerprint density at radius 1 is 1.26 bits per heavy atom. The first-order valence-electron chi connectivity index (χ1n) is 7.10. The zero-order chi connectivity index (χ0) is 14.3. The normalized spacial score (nSPS) is 17.3. The van der Waals surface area contributed by atoms with Crippen molar-refractivity contribution in [1.29, 1.82) is 0 Å². The van der Waals surface area contributed by atoms with Gasteiger partial charge in [-0.25, -0.2) is 0 Å². The van der Waals surface area contributed by atoms with Crippen molar-refractivity contribution in [3.05, 3.63) is 60.9 Å². The van der Waals surface area contributed by atoms with Crippen LogP contribution in [0.3, 0.4) is 0 Å². The van der Waals surface area contributed by atoms with Gasteiger partial charge in [-0.05, 0) is 39.5 Å². The van der Waals surface area contributed by atoms with Crippen molar-refractivity contribution in [3.63, 3.8) is 0 Å². The zero-order valence-corrected chi connectivity index (χ0v) is 12.4. The van der Waals surface area contributed by atoms with Crippen molar-refractivity contribution in [1.82, 2.24) is 5.32 Å². The molecule has 1 aliphatic rings. The van der Waals surface area contributed by atoms with Crippen molar-refractivity contribution >= 4 is 0 Å². The number of nitrogens with one attached hydrogen (secondary N) is 1. The van der Waals surface area contributed by atoms with Crippen molar-refractivity contribution in [2.24, 2.45) is 5.92 Å². The van der Waals surface area contributed by atoms with Gasteiger partial charge in [0.2, 0.25) is 0 Å². The lowest BCUT2D eigenvalue weighted by Gasteiger charge is -2.19. The van der Waals surface area contributed by atoms with Gasteiger partial charge in [0.05, 0.1) is 0 Å². The summed E-state index contributed by atoms with van der Waals surface area (Å²) in [6.07, 6.45) is 12.6. The van der Waals surface area contributed by atoms with E-state index in [9.17, 15) is 0 Å². The highest BCUT2D eigenvalue weighted by Gasteiger charge is 2.21. The molecule has 1 N–H and O–H groups in total. The predicted molar refractivity (Wildman–Crippen MR) is 85.9 cm³/mol. The maximum atomic E-state index is 4.12. The molecule has 1 aliphatic carbocycles. The maximum Gasteiger partial charge on any atom is 0.0259 e. The summed E-state index contributed by atoms with van der Waals surface area (Å²) >= 11 is 0. The third kappa shape index (κ3) is 6.28. The molecule has 0 radical (unpaired) electrons. The maximum absolute atomic E-state index is 4.12. The Balaban J connectivity index is 2.48. The molecule has 0 aliphatic heterocycles. The summed E-state index contributed by atoms with van der Waals surface area (Å²) in [5.41, 5.74) is 3.74. The molecule has 1 fully saturated rings. The number of hydrogen-bond acceptors (Lipinski definition) is 1. The summed E-state index contributed by atoms with van der Waals surface area (Å²) in [5, 5.41) is 3.47. The van der Waals surface area contributed by atoms with Gasteiger partial charge in [0.15, 0.2) is 0 Å². The fraction of sp³-hybridized carbons (Fsp3) is 0.444. The first-order valence-corrected chi connectivity index (χ1v) is 7.10. The number of rotatable bonds is 9. The Labute approximate surface area is 118 Å². The monoisotopic (exact) mass is 257 g/mol. The molecule has 1 saturated carbocycles. The van der Waals surface area contributed by atoms with Crippen LogP contribution in [-0.4, -0.2) is 6.04 Å². The second-order valence-electron chi connectivity index (χ2n) is 5.49. The summed E-state index contributed by atoms with van der Waals surface area (Å²) in [6, 6.07) is 0.697. The molecule has 0 aromatic rings. The first-order chi connectivity index (χ1) is 9.04. The van der Waals surface area contributed by atoms with E-state index in [0.717, 1.165) is 12.8 Å². The lowest BCUT2D eigenvalue weighted by molar-refractivity contribution is 0.611. The first kappa shape index (κ1) is 15.6. The lowest BCUT2D eigenvalue weighted by Crippen LogP contribution is -2.16.